The highest BCUT2D eigenvalue weighted by Crippen LogP contribution is 2.31. The van der Waals surface area contributed by atoms with Gasteiger partial charge in [0.25, 0.3) is 7.63 Å². The van der Waals surface area contributed by atoms with Crippen LogP contribution in [0.15, 0.2) is 30.3 Å². The molecule has 0 aliphatic carbocycles. The second-order valence-electron chi connectivity index (χ2n) is 4.02. The largest absolute Gasteiger partial charge is 0.396 e. The van der Waals surface area contributed by atoms with Crippen LogP contribution in [0.3, 0.4) is 0 Å². The second kappa shape index (κ2) is 6.43. The predicted octanol–water partition coefficient (Wildman–Crippen LogP) is 4.88. The Labute approximate surface area is 105 Å². The zero-order valence-corrected chi connectivity index (χ0v) is 12.1. The summed E-state index contributed by atoms with van der Waals surface area (Å²) in [6, 6.07) is 12.3. The van der Waals surface area contributed by atoms with E-state index in [1.54, 1.807) is 0 Å². The zero-order valence-electron chi connectivity index (χ0n) is 10.4. The van der Waals surface area contributed by atoms with Crippen LogP contribution in [0.5, 0.6) is 0 Å². The van der Waals surface area contributed by atoms with Crippen LogP contribution in [0, 0.1) is 0 Å². The first-order chi connectivity index (χ1) is 7.65. The highest BCUT2D eigenvalue weighted by Gasteiger charge is 2.31. The molecular weight excluding hydrogens is 236 g/mol. The fourth-order valence-electron chi connectivity index (χ4n) is 1.73. The Morgan fingerprint density at radius 1 is 1.12 bits per heavy atom. The molecule has 0 saturated heterocycles. The molecule has 1 nitrogen and oxygen atoms in total. The van der Waals surface area contributed by atoms with Crippen LogP contribution in [0.4, 0.5) is 0 Å². The summed E-state index contributed by atoms with van der Waals surface area (Å²) in [5, 5.41) is 0. The number of hydrogen-bond donors (Lipinski definition) is 0. The van der Waals surface area contributed by atoms with E-state index in [0.717, 1.165) is 18.5 Å². The van der Waals surface area contributed by atoms with Gasteiger partial charge in [0.2, 0.25) is 0 Å². The molecular formula is C13H21ClOSi. The van der Waals surface area contributed by atoms with E-state index in [1.165, 1.54) is 5.56 Å². The number of rotatable bonds is 6. The van der Waals surface area contributed by atoms with Gasteiger partial charge in [-0.05, 0) is 24.1 Å². The first kappa shape index (κ1) is 13.8. The normalized spacial score (nSPS) is 13.8. The van der Waals surface area contributed by atoms with Crippen molar-refractivity contribution >= 4 is 18.7 Å². The summed E-state index contributed by atoms with van der Waals surface area (Å²) < 4.78 is 6.18. The SMILES string of the molecule is CCC(O[Si](Cl)(CC)CC)c1ccccc1. The van der Waals surface area contributed by atoms with Crippen molar-refractivity contribution in [2.75, 3.05) is 0 Å². The molecule has 1 rings (SSSR count). The molecule has 16 heavy (non-hydrogen) atoms. The van der Waals surface area contributed by atoms with Gasteiger partial charge in [-0.25, -0.2) is 0 Å². The van der Waals surface area contributed by atoms with E-state index >= 15 is 0 Å². The van der Waals surface area contributed by atoms with Crippen LogP contribution in [0.1, 0.15) is 38.9 Å². The van der Waals surface area contributed by atoms with Gasteiger partial charge in [-0.1, -0.05) is 51.1 Å². The van der Waals surface area contributed by atoms with Crippen LogP contribution < -0.4 is 0 Å². The van der Waals surface area contributed by atoms with E-state index < -0.39 is 7.63 Å². The number of halogens is 1. The molecule has 0 amide bonds. The first-order valence-corrected chi connectivity index (χ1v) is 9.40. The lowest BCUT2D eigenvalue weighted by Crippen LogP contribution is -2.31. The van der Waals surface area contributed by atoms with Crippen molar-refractivity contribution in [3.8, 4) is 0 Å². The minimum absolute atomic E-state index is 0.158. The maximum absolute atomic E-state index is 6.55. The lowest BCUT2D eigenvalue weighted by atomic mass is 10.1. The lowest BCUT2D eigenvalue weighted by Gasteiger charge is -2.28. The van der Waals surface area contributed by atoms with Gasteiger partial charge >= 0.3 is 0 Å². The molecule has 1 unspecified atom stereocenters. The van der Waals surface area contributed by atoms with Gasteiger partial charge < -0.3 is 4.43 Å². The van der Waals surface area contributed by atoms with Crippen molar-refractivity contribution in [2.24, 2.45) is 0 Å². The number of hydrogen-bond acceptors (Lipinski definition) is 1. The molecule has 1 aromatic rings. The summed E-state index contributed by atoms with van der Waals surface area (Å²) in [4.78, 5) is 0. The minimum Gasteiger partial charge on any atom is -0.396 e. The minimum atomic E-state index is -1.99. The molecule has 1 aromatic carbocycles. The Hall–Kier alpha value is -0.313. The summed E-state index contributed by atoms with van der Waals surface area (Å²) in [5.74, 6) is 0. The third-order valence-corrected chi connectivity index (χ3v) is 7.64. The van der Waals surface area contributed by atoms with Crippen molar-refractivity contribution in [1.82, 2.24) is 0 Å². The Morgan fingerprint density at radius 3 is 2.12 bits per heavy atom. The van der Waals surface area contributed by atoms with E-state index in [4.69, 9.17) is 15.5 Å². The van der Waals surface area contributed by atoms with E-state index in [1.807, 2.05) is 6.07 Å². The zero-order chi connectivity index (χ0) is 12.0. The summed E-state index contributed by atoms with van der Waals surface area (Å²) in [7, 11) is -1.99. The van der Waals surface area contributed by atoms with Crippen LogP contribution in [-0.2, 0) is 4.43 Å². The number of benzene rings is 1. The summed E-state index contributed by atoms with van der Waals surface area (Å²) in [5.41, 5.74) is 1.24. The third kappa shape index (κ3) is 3.61. The first-order valence-electron chi connectivity index (χ1n) is 6.06. The molecule has 0 aliphatic heterocycles. The molecule has 0 saturated carbocycles. The summed E-state index contributed by atoms with van der Waals surface area (Å²) in [6.45, 7) is 6.40. The van der Waals surface area contributed by atoms with Crippen molar-refractivity contribution in [3.05, 3.63) is 35.9 Å². The van der Waals surface area contributed by atoms with Crippen LogP contribution in [-0.4, -0.2) is 7.63 Å². The standard InChI is InChI=1S/C13H21ClOSi/c1-4-13(12-10-8-7-9-11-12)15-16(14,5-2)6-3/h7-11,13H,4-6H2,1-3H3. The van der Waals surface area contributed by atoms with E-state index in [9.17, 15) is 0 Å². The lowest BCUT2D eigenvalue weighted by molar-refractivity contribution is 0.195. The molecule has 1 atom stereocenters. The monoisotopic (exact) mass is 256 g/mol. The van der Waals surface area contributed by atoms with Gasteiger partial charge in [-0.2, -0.15) is 0 Å². The molecule has 0 radical (unpaired) electrons. The van der Waals surface area contributed by atoms with E-state index in [2.05, 4.69) is 45.0 Å². The molecule has 90 valence electrons. The van der Waals surface area contributed by atoms with E-state index in [-0.39, 0.29) is 6.10 Å². The summed E-state index contributed by atoms with van der Waals surface area (Å²) in [6.07, 6.45) is 1.14. The molecule has 0 aliphatic rings. The Kier molecular flexibility index (Phi) is 5.53. The van der Waals surface area contributed by atoms with Gasteiger partial charge in [-0.15, -0.1) is 11.1 Å². The molecule has 0 heterocycles. The van der Waals surface area contributed by atoms with Crippen LogP contribution >= 0.6 is 11.1 Å². The average Bonchev–Trinajstić information content (AvgIpc) is 2.36. The maximum atomic E-state index is 6.55. The van der Waals surface area contributed by atoms with Crippen LogP contribution in [0.25, 0.3) is 0 Å². The van der Waals surface area contributed by atoms with E-state index in [0.29, 0.717) is 0 Å². The van der Waals surface area contributed by atoms with Crippen molar-refractivity contribution in [3.63, 3.8) is 0 Å². The molecule has 3 heteroatoms. The maximum Gasteiger partial charge on any atom is 0.290 e. The molecule has 0 spiro atoms. The van der Waals surface area contributed by atoms with Gasteiger partial charge in [0, 0.05) is 0 Å². The average molecular weight is 257 g/mol. The quantitative estimate of drug-likeness (QED) is 0.521. The summed E-state index contributed by atoms with van der Waals surface area (Å²) >= 11 is 6.55. The van der Waals surface area contributed by atoms with Crippen molar-refractivity contribution < 1.29 is 4.43 Å². The van der Waals surface area contributed by atoms with Gasteiger partial charge in [0.1, 0.15) is 0 Å². The van der Waals surface area contributed by atoms with Crippen molar-refractivity contribution in [1.29, 1.82) is 0 Å². The van der Waals surface area contributed by atoms with Crippen molar-refractivity contribution in [2.45, 2.75) is 45.4 Å². The van der Waals surface area contributed by atoms with Crippen LogP contribution in [0.2, 0.25) is 12.1 Å². The van der Waals surface area contributed by atoms with Gasteiger partial charge in [0.15, 0.2) is 0 Å². The molecule has 0 fully saturated rings. The fraction of sp³-hybridized carbons (Fsp3) is 0.538. The Morgan fingerprint density at radius 2 is 1.69 bits per heavy atom. The smallest absolute Gasteiger partial charge is 0.290 e. The molecule has 0 N–H and O–H groups in total. The predicted molar refractivity (Wildman–Crippen MR) is 73.1 cm³/mol. The Balaban J connectivity index is 2.77. The second-order valence-corrected chi connectivity index (χ2v) is 9.50. The molecule has 0 aromatic heterocycles. The highest BCUT2D eigenvalue weighted by molar-refractivity contribution is 7.16. The highest BCUT2D eigenvalue weighted by atomic mass is 35.6. The molecule has 0 bridgehead atoms. The third-order valence-electron chi connectivity index (χ3n) is 2.95. The van der Waals surface area contributed by atoms with Gasteiger partial charge in [0.05, 0.1) is 6.10 Å². The Bertz CT molecular complexity index is 298. The fourth-order valence-corrected chi connectivity index (χ4v) is 3.69. The topological polar surface area (TPSA) is 9.23 Å². The van der Waals surface area contributed by atoms with Gasteiger partial charge in [-0.3, -0.25) is 0 Å².